The van der Waals surface area contributed by atoms with Crippen LogP contribution in [0.4, 0.5) is 8.78 Å². The molecule has 1 aromatic heterocycles. The first kappa shape index (κ1) is 17.1. The SMILES string of the molecule is CCCCc1ccc([C@H]2CC[C@H](c3ccc(F)nc3F)CC2)cc1. The minimum absolute atomic E-state index is 0.165. The van der Waals surface area contributed by atoms with Crippen LogP contribution in [0.1, 0.15) is 74.0 Å². The number of benzene rings is 1. The molecule has 1 heterocycles. The predicted molar refractivity (Wildman–Crippen MR) is 93.2 cm³/mol. The summed E-state index contributed by atoms with van der Waals surface area (Å²) in [5, 5.41) is 0. The van der Waals surface area contributed by atoms with E-state index < -0.39 is 11.9 Å². The van der Waals surface area contributed by atoms with Gasteiger partial charge in [0.15, 0.2) is 0 Å². The fraction of sp³-hybridized carbons (Fsp3) is 0.476. The Labute approximate surface area is 143 Å². The van der Waals surface area contributed by atoms with Crippen LogP contribution in [-0.4, -0.2) is 4.98 Å². The summed E-state index contributed by atoms with van der Waals surface area (Å²) < 4.78 is 26.8. The van der Waals surface area contributed by atoms with Crippen molar-refractivity contribution in [3.63, 3.8) is 0 Å². The van der Waals surface area contributed by atoms with Gasteiger partial charge in [0.1, 0.15) is 0 Å². The number of halogens is 2. The lowest BCUT2D eigenvalue weighted by Crippen LogP contribution is -2.14. The maximum atomic E-state index is 13.9. The van der Waals surface area contributed by atoms with Crippen molar-refractivity contribution in [1.82, 2.24) is 4.98 Å². The highest BCUT2D eigenvalue weighted by Gasteiger charge is 2.25. The first-order valence-corrected chi connectivity index (χ1v) is 9.08. The molecule has 0 N–H and O–H groups in total. The molecule has 2 aromatic rings. The van der Waals surface area contributed by atoms with Crippen LogP contribution in [0.3, 0.4) is 0 Å². The molecule has 0 aliphatic heterocycles. The molecule has 1 aromatic carbocycles. The molecule has 1 nitrogen and oxygen atoms in total. The minimum atomic E-state index is -0.743. The van der Waals surface area contributed by atoms with E-state index in [1.165, 1.54) is 30.0 Å². The van der Waals surface area contributed by atoms with E-state index >= 15 is 0 Å². The van der Waals surface area contributed by atoms with Gasteiger partial charge in [-0.15, -0.1) is 0 Å². The zero-order valence-electron chi connectivity index (χ0n) is 14.3. The lowest BCUT2D eigenvalue weighted by Gasteiger charge is -2.29. The zero-order chi connectivity index (χ0) is 16.9. The van der Waals surface area contributed by atoms with Crippen molar-refractivity contribution < 1.29 is 8.78 Å². The second kappa shape index (κ2) is 7.87. The van der Waals surface area contributed by atoms with Gasteiger partial charge in [0.05, 0.1) is 0 Å². The number of aryl methyl sites for hydroxylation is 1. The Balaban J connectivity index is 1.60. The quantitative estimate of drug-likeness (QED) is 0.600. The summed E-state index contributed by atoms with van der Waals surface area (Å²) in [6, 6.07) is 11.8. The molecule has 1 aliphatic carbocycles. The zero-order valence-corrected chi connectivity index (χ0v) is 14.3. The Hall–Kier alpha value is -1.77. The van der Waals surface area contributed by atoms with Crippen molar-refractivity contribution in [3.8, 4) is 0 Å². The molecular formula is C21H25F2N. The van der Waals surface area contributed by atoms with Gasteiger partial charge in [-0.3, -0.25) is 0 Å². The van der Waals surface area contributed by atoms with Crippen molar-refractivity contribution in [2.45, 2.75) is 63.7 Å². The van der Waals surface area contributed by atoms with Crippen molar-refractivity contribution in [3.05, 3.63) is 65.0 Å². The molecule has 0 saturated heterocycles. The second-order valence-electron chi connectivity index (χ2n) is 6.91. The number of unbranched alkanes of at least 4 members (excludes halogenated alkanes) is 1. The largest absolute Gasteiger partial charge is 0.218 e. The molecular weight excluding hydrogens is 304 g/mol. The Bertz CT molecular complexity index is 658. The van der Waals surface area contributed by atoms with Crippen LogP contribution in [0.25, 0.3) is 0 Å². The van der Waals surface area contributed by atoms with Crippen molar-refractivity contribution in [1.29, 1.82) is 0 Å². The van der Waals surface area contributed by atoms with E-state index in [0.29, 0.717) is 11.5 Å². The van der Waals surface area contributed by atoms with E-state index in [1.54, 1.807) is 6.07 Å². The monoisotopic (exact) mass is 329 g/mol. The number of nitrogens with zero attached hydrogens (tertiary/aromatic N) is 1. The molecule has 0 amide bonds. The topological polar surface area (TPSA) is 12.9 Å². The highest BCUT2D eigenvalue weighted by Crippen LogP contribution is 2.40. The lowest BCUT2D eigenvalue weighted by atomic mass is 9.76. The van der Waals surface area contributed by atoms with Crippen molar-refractivity contribution >= 4 is 0 Å². The number of hydrogen-bond acceptors (Lipinski definition) is 1. The summed E-state index contributed by atoms with van der Waals surface area (Å²) >= 11 is 0. The molecule has 0 atom stereocenters. The van der Waals surface area contributed by atoms with Crippen molar-refractivity contribution in [2.75, 3.05) is 0 Å². The van der Waals surface area contributed by atoms with E-state index in [-0.39, 0.29) is 5.92 Å². The van der Waals surface area contributed by atoms with Gasteiger partial charge in [-0.05, 0) is 73.6 Å². The maximum Gasteiger partial charge on any atom is 0.218 e. The standard InChI is InChI=1S/C21H25F2N/c1-2-3-4-15-5-7-16(8-6-15)17-9-11-18(12-10-17)19-13-14-20(22)24-21(19)23/h5-8,13-14,17-18H,2-4,9-12H2,1H3/t17-,18-. The predicted octanol–water partition coefficient (Wildman–Crippen LogP) is 6.14. The molecule has 3 rings (SSSR count). The molecule has 3 heteroatoms. The number of hydrogen-bond donors (Lipinski definition) is 0. The Morgan fingerprint density at radius 2 is 1.58 bits per heavy atom. The fourth-order valence-electron chi connectivity index (χ4n) is 3.80. The third kappa shape index (κ3) is 4.00. The second-order valence-corrected chi connectivity index (χ2v) is 6.91. The van der Waals surface area contributed by atoms with E-state index in [4.69, 9.17) is 0 Å². The molecule has 0 radical (unpaired) electrons. The molecule has 1 fully saturated rings. The minimum Gasteiger partial charge on any atom is -0.190 e. The summed E-state index contributed by atoms with van der Waals surface area (Å²) in [4.78, 5) is 3.33. The summed E-state index contributed by atoms with van der Waals surface area (Å²) in [5.41, 5.74) is 3.38. The lowest BCUT2D eigenvalue weighted by molar-refractivity contribution is 0.381. The average molecular weight is 329 g/mol. The summed E-state index contributed by atoms with van der Waals surface area (Å²) in [6.45, 7) is 2.21. The number of aromatic nitrogens is 1. The summed E-state index contributed by atoms with van der Waals surface area (Å²) in [7, 11) is 0. The first-order valence-electron chi connectivity index (χ1n) is 9.08. The van der Waals surface area contributed by atoms with Crippen LogP contribution in [0, 0.1) is 11.9 Å². The number of pyridine rings is 1. The Morgan fingerprint density at radius 3 is 2.21 bits per heavy atom. The summed E-state index contributed by atoms with van der Waals surface area (Å²) in [5.74, 6) is -0.664. The third-order valence-corrected chi connectivity index (χ3v) is 5.28. The summed E-state index contributed by atoms with van der Waals surface area (Å²) in [6.07, 6.45) is 7.59. The molecule has 0 bridgehead atoms. The highest BCUT2D eigenvalue weighted by molar-refractivity contribution is 5.27. The van der Waals surface area contributed by atoms with Crippen molar-refractivity contribution in [2.24, 2.45) is 0 Å². The van der Waals surface area contributed by atoms with Gasteiger partial charge >= 0.3 is 0 Å². The third-order valence-electron chi connectivity index (χ3n) is 5.28. The molecule has 1 saturated carbocycles. The maximum absolute atomic E-state index is 13.9. The van der Waals surface area contributed by atoms with Crippen LogP contribution >= 0.6 is 0 Å². The molecule has 0 unspecified atom stereocenters. The van der Waals surface area contributed by atoms with E-state index in [0.717, 1.165) is 32.1 Å². The van der Waals surface area contributed by atoms with Crippen LogP contribution in [0.15, 0.2) is 36.4 Å². The van der Waals surface area contributed by atoms with Gasteiger partial charge < -0.3 is 0 Å². The Morgan fingerprint density at radius 1 is 0.917 bits per heavy atom. The van der Waals surface area contributed by atoms with Gasteiger partial charge in [0.2, 0.25) is 11.9 Å². The normalized spacial score (nSPS) is 21.0. The van der Waals surface area contributed by atoms with E-state index in [2.05, 4.69) is 36.2 Å². The number of rotatable bonds is 5. The van der Waals surface area contributed by atoms with Gasteiger partial charge in [0.25, 0.3) is 0 Å². The van der Waals surface area contributed by atoms with Gasteiger partial charge in [0, 0.05) is 5.56 Å². The van der Waals surface area contributed by atoms with Crippen LogP contribution in [0.5, 0.6) is 0 Å². The molecule has 24 heavy (non-hydrogen) atoms. The van der Waals surface area contributed by atoms with Crippen LogP contribution in [0.2, 0.25) is 0 Å². The smallest absolute Gasteiger partial charge is 0.190 e. The first-order chi connectivity index (χ1) is 11.7. The fourth-order valence-corrected chi connectivity index (χ4v) is 3.80. The molecule has 0 spiro atoms. The van der Waals surface area contributed by atoms with E-state index in [9.17, 15) is 8.78 Å². The average Bonchev–Trinajstić information content (AvgIpc) is 2.61. The Kier molecular flexibility index (Phi) is 5.60. The van der Waals surface area contributed by atoms with Crippen LogP contribution in [-0.2, 0) is 6.42 Å². The van der Waals surface area contributed by atoms with E-state index in [1.807, 2.05) is 0 Å². The molecule has 1 aliphatic rings. The van der Waals surface area contributed by atoms with Gasteiger partial charge in [-0.1, -0.05) is 37.6 Å². The van der Waals surface area contributed by atoms with Gasteiger partial charge in [-0.25, -0.2) is 0 Å². The highest BCUT2D eigenvalue weighted by atomic mass is 19.1. The molecule has 128 valence electrons. The van der Waals surface area contributed by atoms with Crippen LogP contribution < -0.4 is 0 Å². The van der Waals surface area contributed by atoms with Gasteiger partial charge in [-0.2, -0.15) is 13.8 Å².